The van der Waals surface area contributed by atoms with E-state index in [1.54, 1.807) is 0 Å². The van der Waals surface area contributed by atoms with Gasteiger partial charge in [-0.3, -0.25) is 4.68 Å². The fourth-order valence-electron chi connectivity index (χ4n) is 4.83. The van der Waals surface area contributed by atoms with Gasteiger partial charge in [-0.05, 0) is 63.0 Å². The molecule has 1 aromatic heterocycles. The van der Waals surface area contributed by atoms with Crippen molar-refractivity contribution in [3.8, 4) is 0 Å². The minimum Gasteiger partial charge on any atom is -0.376 e. The Hall–Kier alpha value is -1.70. The van der Waals surface area contributed by atoms with Crippen LogP contribution in [0.2, 0.25) is 0 Å². The molecule has 2 heterocycles. The molecule has 1 aromatic carbocycles. The first-order chi connectivity index (χ1) is 13.9. The van der Waals surface area contributed by atoms with E-state index in [0.717, 1.165) is 49.9 Å². The molecule has 1 fully saturated rings. The Morgan fingerprint density at radius 3 is 2.55 bits per heavy atom. The number of rotatable bonds is 6. The van der Waals surface area contributed by atoms with E-state index < -0.39 is 10.0 Å². The zero-order chi connectivity index (χ0) is 20.4. The maximum absolute atomic E-state index is 11.9. The molecule has 1 aliphatic heterocycles. The molecule has 1 aliphatic carbocycles. The van der Waals surface area contributed by atoms with Gasteiger partial charge in [-0.1, -0.05) is 30.3 Å². The monoisotopic (exact) mass is 417 g/mol. The van der Waals surface area contributed by atoms with Crippen molar-refractivity contribution in [2.45, 2.75) is 69.6 Å². The normalized spacial score (nSPS) is 27.5. The quantitative estimate of drug-likeness (QED) is 0.782. The molecule has 1 saturated carbocycles. The number of aromatic nitrogens is 2. The predicted molar refractivity (Wildman–Crippen MR) is 113 cm³/mol. The number of aryl methyl sites for hydroxylation is 2. The third kappa shape index (κ3) is 5.08. The van der Waals surface area contributed by atoms with Crippen molar-refractivity contribution < 1.29 is 13.2 Å². The Morgan fingerprint density at radius 1 is 1.14 bits per heavy atom. The molecule has 0 unspecified atom stereocenters. The highest BCUT2D eigenvalue weighted by Gasteiger charge is 2.33. The number of benzene rings is 1. The predicted octanol–water partition coefficient (Wildman–Crippen LogP) is 3.34. The molecule has 1 N–H and O–H groups in total. The Balaban J connectivity index is 1.39. The van der Waals surface area contributed by atoms with Crippen molar-refractivity contribution in [2.24, 2.45) is 0 Å². The van der Waals surface area contributed by atoms with Crippen LogP contribution in [0.15, 0.2) is 36.4 Å². The Kier molecular flexibility index (Phi) is 6.08. The van der Waals surface area contributed by atoms with Gasteiger partial charge >= 0.3 is 0 Å². The largest absolute Gasteiger partial charge is 0.376 e. The lowest BCUT2D eigenvalue weighted by atomic mass is 9.83. The smallest absolute Gasteiger partial charge is 0.209 e. The zero-order valence-corrected chi connectivity index (χ0v) is 18.1. The summed E-state index contributed by atoms with van der Waals surface area (Å²) < 4.78 is 34.8. The average Bonchev–Trinajstić information content (AvgIpc) is 3.07. The van der Waals surface area contributed by atoms with Gasteiger partial charge in [0.1, 0.15) is 0 Å². The second-order valence-electron chi connectivity index (χ2n) is 8.54. The molecule has 0 radical (unpaired) electrons. The maximum atomic E-state index is 11.9. The molecule has 2 atom stereocenters. The zero-order valence-electron chi connectivity index (χ0n) is 17.3. The summed E-state index contributed by atoms with van der Waals surface area (Å²) >= 11 is 0. The molecule has 2 aromatic rings. The fourth-order valence-corrected chi connectivity index (χ4v) is 5.66. The van der Waals surface area contributed by atoms with Crippen LogP contribution in [0.3, 0.4) is 0 Å². The van der Waals surface area contributed by atoms with Gasteiger partial charge in [-0.2, -0.15) is 5.10 Å². The minimum atomic E-state index is -3.28. The second kappa shape index (κ2) is 8.58. The van der Waals surface area contributed by atoms with Crippen LogP contribution in [0, 0.1) is 6.92 Å². The van der Waals surface area contributed by atoms with Crippen LogP contribution in [0.25, 0.3) is 0 Å². The fraction of sp³-hybridized carbons (Fsp3) is 0.591. The van der Waals surface area contributed by atoms with Gasteiger partial charge in [-0.25, -0.2) is 13.1 Å². The minimum absolute atomic E-state index is 0.103. The van der Waals surface area contributed by atoms with Crippen LogP contribution in [-0.2, 0) is 21.2 Å². The van der Waals surface area contributed by atoms with Crippen molar-refractivity contribution in [3.63, 3.8) is 0 Å². The summed E-state index contributed by atoms with van der Waals surface area (Å²) in [7, 11) is -3.28. The first-order valence-electron chi connectivity index (χ1n) is 10.6. The van der Waals surface area contributed by atoms with E-state index in [1.165, 1.54) is 11.8 Å². The van der Waals surface area contributed by atoms with Crippen LogP contribution in [0.4, 0.5) is 0 Å². The van der Waals surface area contributed by atoms with Gasteiger partial charge in [0.2, 0.25) is 10.0 Å². The molecule has 6 nitrogen and oxygen atoms in total. The van der Waals surface area contributed by atoms with E-state index >= 15 is 0 Å². The lowest BCUT2D eigenvalue weighted by Gasteiger charge is -2.35. The third-order valence-corrected chi connectivity index (χ3v) is 6.97. The van der Waals surface area contributed by atoms with Gasteiger partial charge in [0.05, 0.1) is 30.7 Å². The van der Waals surface area contributed by atoms with Crippen LogP contribution in [0.1, 0.15) is 61.0 Å². The van der Waals surface area contributed by atoms with Crippen LogP contribution in [0.5, 0.6) is 0 Å². The van der Waals surface area contributed by atoms with Gasteiger partial charge in [0, 0.05) is 11.7 Å². The molecule has 158 valence electrons. The molecule has 7 heteroatoms. The average molecular weight is 418 g/mol. The van der Waals surface area contributed by atoms with E-state index in [9.17, 15) is 8.42 Å². The molecule has 0 amide bonds. The summed E-state index contributed by atoms with van der Waals surface area (Å²) in [5.74, 6) is 0.616. The van der Waals surface area contributed by atoms with E-state index in [-0.39, 0.29) is 18.2 Å². The van der Waals surface area contributed by atoms with Gasteiger partial charge in [-0.15, -0.1) is 0 Å². The summed E-state index contributed by atoms with van der Waals surface area (Å²) in [4.78, 5) is 0. The number of nitrogens with one attached hydrogen (secondary N) is 1. The van der Waals surface area contributed by atoms with Gasteiger partial charge in [0.25, 0.3) is 0 Å². The highest BCUT2D eigenvalue weighted by atomic mass is 32.2. The molecule has 29 heavy (non-hydrogen) atoms. The number of nitrogens with zero attached hydrogens (tertiary/aromatic N) is 2. The van der Waals surface area contributed by atoms with Crippen molar-refractivity contribution in [1.29, 1.82) is 0 Å². The van der Waals surface area contributed by atoms with E-state index in [1.807, 2.05) is 11.6 Å². The lowest BCUT2D eigenvalue weighted by molar-refractivity contribution is -0.00333. The topological polar surface area (TPSA) is 73.2 Å². The molecule has 0 spiro atoms. The number of fused-ring (bicyclic) bond motifs is 1. The molecular formula is C22H31N3O3S. The highest BCUT2D eigenvalue weighted by Crippen LogP contribution is 2.35. The standard InChI is InChI=1S/C22H31N3O3S/c1-16-14-19-10-13-21(24-29(2,26)27)22(25(19)23-16)15-28-20-11-8-18(9-12-20)17-6-4-3-5-7-17/h3-7,14,18,20-22,24H,8-13,15H2,1-2H3/t18?,20?,21-,22-/m0/s1. The van der Waals surface area contributed by atoms with Crippen LogP contribution < -0.4 is 4.72 Å². The summed E-state index contributed by atoms with van der Waals surface area (Å²) in [6, 6.07) is 12.5. The highest BCUT2D eigenvalue weighted by molar-refractivity contribution is 7.88. The Bertz CT molecular complexity index is 918. The number of hydrogen-bond acceptors (Lipinski definition) is 4. The van der Waals surface area contributed by atoms with E-state index in [4.69, 9.17) is 4.74 Å². The number of sulfonamides is 1. The SMILES string of the molecule is Cc1cc2n(n1)[C@@H](COC1CCC(c3ccccc3)CC1)[C@@H](NS(C)(=O)=O)CC2. The van der Waals surface area contributed by atoms with Crippen LogP contribution in [-0.4, -0.2) is 43.2 Å². The van der Waals surface area contributed by atoms with Crippen molar-refractivity contribution >= 4 is 10.0 Å². The summed E-state index contributed by atoms with van der Waals surface area (Å²) in [5.41, 5.74) is 3.55. The Morgan fingerprint density at radius 2 is 1.86 bits per heavy atom. The Labute approximate surface area is 173 Å². The van der Waals surface area contributed by atoms with Crippen molar-refractivity contribution in [1.82, 2.24) is 14.5 Å². The molecule has 4 rings (SSSR count). The molecular weight excluding hydrogens is 386 g/mol. The van der Waals surface area contributed by atoms with E-state index in [0.29, 0.717) is 12.5 Å². The van der Waals surface area contributed by atoms with Crippen molar-refractivity contribution in [2.75, 3.05) is 12.9 Å². The molecule has 0 bridgehead atoms. The molecule has 0 saturated heterocycles. The van der Waals surface area contributed by atoms with E-state index in [2.05, 4.69) is 46.2 Å². The maximum Gasteiger partial charge on any atom is 0.209 e. The van der Waals surface area contributed by atoms with Gasteiger partial charge in [0.15, 0.2) is 0 Å². The third-order valence-electron chi connectivity index (χ3n) is 6.24. The van der Waals surface area contributed by atoms with Crippen molar-refractivity contribution in [3.05, 3.63) is 53.3 Å². The summed E-state index contributed by atoms with van der Waals surface area (Å²) in [5, 5.41) is 4.63. The molecule has 2 aliphatic rings. The lowest BCUT2D eigenvalue weighted by Crippen LogP contribution is -2.46. The summed E-state index contributed by atoms with van der Waals surface area (Å²) in [6.07, 6.45) is 7.41. The second-order valence-corrected chi connectivity index (χ2v) is 10.3. The van der Waals surface area contributed by atoms with Gasteiger partial charge < -0.3 is 4.74 Å². The first-order valence-corrected chi connectivity index (χ1v) is 12.5. The van der Waals surface area contributed by atoms with Crippen LogP contribution >= 0.6 is 0 Å². The first kappa shape index (κ1) is 20.6. The number of hydrogen-bond donors (Lipinski definition) is 1. The number of ether oxygens (including phenoxy) is 1. The summed E-state index contributed by atoms with van der Waals surface area (Å²) in [6.45, 7) is 2.47.